The van der Waals surface area contributed by atoms with Crippen LogP contribution < -0.4 is 16.0 Å². The molecule has 174 valence electrons. The Morgan fingerprint density at radius 3 is 2.76 bits per heavy atom. The zero-order valence-electron chi connectivity index (χ0n) is 17.6. The van der Waals surface area contributed by atoms with E-state index < -0.39 is 36.3 Å². The second-order valence-corrected chi connectivity index (χ2v) is 7.79. The Bertz CT molecular complexity index is 1240. The number of anilines is 1. The molecule has 0 aliphatic carbocycles. The third-order valence-corrected chi connectivity index (χ3v) is 5.69. The van der Waals surface area contributed by atoms with Gasteiger partial charge >= 0.3 is 6.18 Å². The number of rotatable bonds is 5. The van der Waals surface area contributed by atoms with Crippen molar-refractivity contribution >= 4 is 28.5 Å². The van der Waals surface area contributed by atoms with E-state index in [9.17, 15) is 27.9 Å². The van der Waals surface area contributed by atoms with E-state index in [0.29, 0.717) is 34.5 Å². The Morgan fingerprint density at radius 1 is 1.33 bits per heavy atom. The van der Waals surface area contributed by atoms with Crippen LogP contribution in [0.2, 0.25) is 0 Å². The number of carbonyl (C=O) groups is 2. The summed E-state index contributed by atoms with van der Waals surface area (Å²) in [5.41, 5.74) is 6.38. The van der Waals surface area contributed by atoms with Gasteiger partial charge < -0.3 is 25.5 Å². The van der Waals surface area contributed by atoms with E-state index in [4.69, 9.17) is 10.2 Å². The average Bonchev–Trinajstić information content (AvgIpc) is 3.10. The number of amides is 2. The Kier molecular flexibility index (Phi) is 5.75. The van der Waals surface area contributed by atoms with Gasteiger partial charge in [0.1, 0.15) is 23.1 Å². The minimum Gasteiger partial charge on any atom is -0.461 e. The van der Waals surface area contributed by atoms with Crippen LogP contribution in [-0.4, -0.2) is 41.1 Å². The van der Waals surface area contributed by atoms with Crippen LogP contribution in [0.3, 0.4) is 0 Å². The number of benzene rings is 1. The highest BCUT2D eigenvalue weighted by Gasteiger charge is 2.37. The molecular weight excluding hydrogens is 441 g/mol. The topological polar surface area (TPSA) is 122 Å². The number of primary amides is 1. The number of pyridine rings is 1. The van der Waals surface area contributed by atoms with Gasteiger partial charge in [0.05, 0.1) is 12.2 Å². The average molecular weight is 462 g/mol. The van der Waals surface area contributed by atoms with Crippen molar-refractivity contribution in [1.29, 1.82) is 0 Å². The summed E-state index contributed by atoms with van der Waals surface area (Å²) in [5.74, 6) is -1.20. The summed E-state index contributed by atoms with van der Waals surface area (Å²) in [6.45, 7) is 1.53. The number of nitrogens with two attached hydrogens (primary N) is 1. The van der Waals surface area contributed by atoms with E-state index in [2.05, 4.69) is 10.3 Å². The molecule has 0 bridgehead atoms. The summed E-state index contributed by atoms with van der Waals surface area (Å²) in [7, 11) is 0. The second-order valence-electron chi connectivity index (χ2n) is 7.79. The lowest BCUT2D eigenvalue weighted by molar-refractivity contribution is -0.141. The maximum Gasteiger partial charge on any atom is 0.433 e. The van der Waals surface area contributed by atoms with Gasteiger partial charge in [0, 0.05) is 30.4 Å². The van der Waals surface area contributed by atoms with Crippen LogP contribution in [0.5, 0.6) is 0 Å². The van der Waals surface area contributed by atoms with E-state index in [1.807, 2.05) is 4.90 Å². The minimum atomic E-state index is -4.51. The number of aliphatic hydroxyl groups excluding tert-OH is 1. The van der Waals surface area contributed by atoms with Crippen molar-refractivity contribution in [3.8, 4) is 0 Å². The fourth-order valence-corrected chi connectivity index (χ4v) is 4.08. The van der Waals surface area contributed by atoms with Crippen LogP contribution in [0.25, 0.3) is 11.0 Å². The molecular formula is C22H21F3N4O4. The molecule has 0 unspecified atom stereocenters. The van der Waals surface area contributed by atoms with Crippen molar-refractivity contribution in [1.82, 2.24) is 10.3 Å². The number of aromatic nitrogens is 1. The molecule has 8 nitrogen and oxygen atoms in total. The minimum absolute atomic E-state index is 0.171. The summed E-state index contributed by atoms with van der Waals surface area (Å²) >= 11 is 0. The normalized spacial score (nSPS) is 14.8. The highest BCUT2D eigenvalue weighted by molar-refractivity contribution is 6.09. The van der Waals surface area contributed by atoms with Crippen LogP contribution in [0.15, 0.2) is 34.9 Å². The Hall–Kier alpha value is -3.60. The summed E-state index contributed by atoms with van der Waals surface area (Å²) in [6.07, 6.45) is -3.18. The van der Waals surface area contributed by atoms with Gasteiger partial charge in [-0.2, -0.15) is 13.2 Å². The molecule has 1 aliphatic heterocycles. The van der Waals surface area contributed by atoms with Crippen molar-refractivity contribution in [2.45, 2.75) is 32.1 Å². The number of aliphatic hydroxyl groups is 1. The smallest absolute Gasteiger partial charge is 0.433 e. The number of hydrogen-bond acceptors (Lipinski definition) is 6. The summed E-state index contributed by atoms with van der Waals surface area (Å²) in [6, 6.07) is 5.49. The molecule has 2 aromatic heterocycles. The second kappa shape index (κ2) is 8.39. The molecule has 1 aromatic carbocycles. The Morgan fingerprint density at radius 2 is 2.09 bits per heavy atom. The molecule has 0 spiro atoms. The molecule has 0 fully saturated rings. The number of nitrogens with one attached hydrogen (secondary N) is 1. The van der Waals surface area contributed by atoms with Gasteiger partial charge in [-0.25, -0.2) is 0 Å². The van der Waals surface area contributed by atoms with Gasteiger partial charge in [-0.3, -0.25) is 14.6 Å². The quantitative estimate of drug-likeness (QED) is 0.535. The van der Waals surface area contributed by atoms with Crippen LogP contribution in [-0.2, 0) is 23.9 Å². The molecule has 33 heavy (non-hydrogen) atoms. The SMILES string of the molecule is Cc1oc2ccc(N3CCc4c(ccnc4C(F)(F)F)C3)cc2c1C(=O)N[C@@H](CO)C(N)=O. The summed E-state index contributed by atoms with van der Waals surface area (Å²) in [4.78, 5) is 29.6. The van der Waals surface area contributed by atoms with Crippen molar-refractivity contribution < 1.29 is 32.3 Å². The van der Waals surface area contributed by atoms with E-state index in [1.165, 1.54) is 0 Å². The van der Waals surface area contributed by atoms with Crippen LogP contribution in [0.4, 0.5) is 18.9 Å². The third-order valence-electron chi connectivity index (χ3n) is 5.69. The summed E-state index contributed by atoms with van der Waals surface area (Å²) < 4.78 is 45.5. The third kappa shape index (κ3) is 4.23. The molecule has 1 aliphatic rings. The van der Waals surface area contributed by atoms with Crippen molar-refractivity contribution in [2.24, 2.45) is 5.73 Å². The van der Waals surface area contributed by atoms with E-state index >= 15 is 0 Å². The number of hydrogen-bond donors (Lipinski definition) is 3. The first-order valence-corrected chi connectivity index (χ1v) is 10.1. The van der Waals surface area contributed by atoms with E-state index in [1.54, 1.807) is 31.2 Å². The van der Waals surface area contributed by atoms with Crippen LogP contribution in [0, 0.1) is 6.92 Å². The van der Waals surface area contributed by atoms with Gasteiger partial charge in [0.25, 0.3) is 5.91 Å². The maximum absolute atomic E-state index is 13.3. The van der Waals surface area contributed by atoms with Gasteiger partial charge in [0.2, 0.25) is 5.91 Å². The molecule has 2 amide bonds. The number of halogens is 3. The maximum atomic E-state index is 13.3. The summed E-state index contributed by atoms with van der Waals surface area (Å²) in [5, 5.41) is 12.1. The molecule has 4 N–H and O–H groups in total. The number of carbonyl (C=O) groups excluding carboxylic acids is 2. The first-order chi connectivity index (χ1) is 15.6. The number of nitrogens with zero attached hydrogens (tertiary/aromatic N) is 2. The molecule has 11 heteroatoms. The Balaban J connectivity index is 1.66. The zero-order chi connectivity index (χ0) is 23.9. The predicted molar refractivity (Wildman–Crippen MR) is 112 cm³/mol. The number of alkyl halides is 3. The molecule has 1 atom stereocenters. The van der Waals surface area contributed by atoms with Crippen molar-refractivity contribution in [2.75, 3.05) is 18.1 Å². The molecule has 3 aromatic rings. The molecule has 0 saturated carbocycles. The fraction of sp³-hybridized carbons (Fsp3) is 0.318. The number of furan rings is 1. The fourth-order valence-electron chi connectivity index (χ4n) is 4.08. The van der Waals surface area contributed by atoms with Gasteiger partial charge in [-0.15, -0.1) is 0 Å². The van der Waals surface area contributed by atoms with Crippen molar-refractivity contribution in [3.05, 3.63) is 58.6 Å². The first-order valence-electron chi connectivity index (χ1n) is 10.1. The Labute approximate surface area is 186 Å². The predicted octanol–water partition coefficient (Wildman–Crippen LogP) is 2.29. The standard InChI is InChI=1S/C22H21F3N4O4/c1-11-18(21(32)28-16(10-30)20(26)31)15-8-13(2-3-17(15)33-11)29-7-5-14-12(9-29)4-6-27-19(14)22(23,24)25/h2-4,6,8,16,30H,5,7,9-10H2,1H3,(H2,26,31)(H,28,32)/t16-/m0/s1. The molecule has 3 heterocycles. The van der Waals surface area contributed by atoms with E-state index in [0.717, 1.165) is 6.20 Å². The zero-order valence-corrected chi connectivity index (χ0v) is 17.6. The highest BCUT2D eigenvalue weighted by Crippen LogP contribution is 2.36. The lowest BCUT2D eigenvalue weighted by Gasteiger charge is -2.31. The number of aryl methyl sites for hydroxylation is 1. The van der Waals surface area contributed by atoms with Gasteiger partial charge in [-0.05, 0) is 48.7 Å². The molecule has 0 saturated heterocycles. The number of fused-ring (bicyclic) bond motifs is 2. The lowest BCUT2D eigenvalue weighted by atomic mass is 9.97. The largest absolute Gasteiger partial charge is 0.461 e. The molecule has 4 rings (SSSR count). The first kappa shape index (κ1) is 22.6. The molecule has 0 radical (unpaired) electrons. The van der Waals surface area contributed by atoms with Gasteiger partial charge in [-0.1, -0.05) is 0 Å². The van der Waals surface area contributed by atoms with Crippen molar-refractivity contribution in [3.63, 3.8) is 0 Å². The lowest BCUT2D eigenvalue weighted by Crippen LogP contribution is -2.46. The van der Waals surface area contributed by atoms with Crippen LogP contribution in [0.1, 0.15) is 32.9 Å². The highest BCUT2D eigenvalue weighted by atomic mass is 19.4. The van der Waals surface area contributed by atoms with Gasteiger partial charge in [0.15, 0.2) is 0 Å². The monoisotopic (exact) mass is 462 g/mol. The van der Waals surface area contributed by atoms with Crippen LogP contribution >= 0.6 is 0 Å². The van der Waals surface area contributed by atoms with E-state index in [-0.39, 0.29) is 24.1 Å².